The van der Waals surface area contributed by atoms with Crippen molar-refractivity contribution in [3.63, 3.8) is 0 Å². The van der Waals surface area contributed by atoms with Gasteiger partial charge in [0.15, 0.2) is 0 Å². The first-order valence-corrected chi connectivity index (χ1v) is 8.59. The lowest BCUT2D eigenvalue weighted by molar-refractivity contribution is -0.133. The van der Waals surface area contributed by atoms with E-state index < -0.39 is 12.0 Å². The lowest BCUT2D eigenvalue weighted by Gasteiger charge is -2.27. The van der Waals surface area contributed by atoms with Crippen molar-refractivity contribution in [1.82, 2.24) is 20.2 Å². The monoisotopic (exact) mass is 373 g/mol. The Morgan fingerprint density at radius 3 is 2.84 bits per heavy atom. The minimum absolute atomic E-state index is 0.204. The van der Waals surface area contributed by atoms with E-state index in [1.165, 1.54) is 16.0 Å². The van der Waals surface area contributed by atoms with E-state index in [4.69, 9.17) is 11.6 Å². The van der Waals surface area contributed by atoms with Crippen LogP contribution in [0.1, 0.15) is 18.5 Å². The topological polar surface area (TPSA) is 92.9 Å². The second-order valence-electron chi connectivity index (χ2n) is 5.51. The van der Waals surface area contributed by atoms with E-state index in [0.717, 1.165) is 16.0 Å². The van der Waals surface area contributed by atoms with Crippen LogP contribution in [0.5, 0.6) is 0 Å². The first kappa shape index (κ1) is 15.8. The van der Waals surface area contributed by atoms with Crippen LogP contribution in [0.2, 0.25) is 4.34 Å². The smallest absolute Gasteiger partial charge is 0.335 e. The van der Waals surface area contributed by atoms with Gasteiger partial charge in [0, 0.05) is 10.6 Å². The van der Waals surface area contributed by atoms with Crippen LogP contribution in [-0.4, -0.2) is 31.3 Å². The van der Waals surface area contributed by atoms with E-state index in [1.807, 2.05) is 36.4 Å². The molecule has 1 aliphatic heterocycles. The predicted molar refractivity (Wildman–Crippen MR) is 94.7 cm³/mol. The lowest BCUT2D eigenvalue weighted by atomic mass is 9.91. The van der Waals surface area contributed by atoms with Crippen molar-refractivity contribution in [1.29, 1.82) is 0 Å². The van der Waals surface area contributed by atoms with E-state index in [9.17, 15) is 9.90 Å². The summed E-state index contributed by atoms with van der Waals surface area (Å²) < 4.78 is 2.16. The molecule has 7 nitrogen and oxygen atoms in total. The van der Waals surface area contributed by atoms with Gasteiger partial charge in [0.05, 0.1) is 9.91 Å². The van der Waals surface area contributed by atoms with Crippen LogP contribution in [0.25, 0.3) is 10.4 Å². The number of fused-ring (bicyclic) bond motifs is 1. The van der Waals surface area contributed by atoms with Crippen molar-refractivity contribution in [2.45, 2.75) is 13.0 Å². The highest BCUT2D eigenvalue weighted by Gasteiger charge is 2.35. The number of carbonyl (C=O) groups is 1. The number of tetrazole rings is 1. The number of rotatable bonds is 3. The quantitative estimate of drug-likeness (QED) is 0.730. The fourth-order valence-electron chi connectivity index (χ4n) is 3.00. The van der Waals surface area contributed by atoms with Crippen molar-refractivity contribution in [3.8, 4) is 10.4 Å². The summed E-state index contributed by atoms with van der Waals surface area (Å²) in [5.41, 5.74) is 2.42. The number of aromatic nitrogens is 4. The number of benzene rings is 1. The number of aliphatic carboxylic acids is 1. The number of thiophene rings is 1. The average Bonchev–Trinajstić information content (AvgIpc) is 3.22. The lowest BCUT2D eigenvalue weighted by Crippen LogP contribution is -2.29. The van der Waals surface area contributed by atoms with Crippen LogP contribution in [0, 0.1) is 0 Å². The standard InChI is InChI=1S/C16H12ClN5O2S/c1-8-13(15(23)24)14(22-16(18-8)19-20-21-22)10-5-3-2-4-9(10)11-6-7-12(17)25-11/h2-7,14H,1H3,(H,23,24)(H,18,19,21). The molecule has 0 saturated heterocycles. The Labute approximate surface area is 151 Å². The number of hydrogen-bond donors (Lipinski definition) is 2. The van der Waals surface area contributed by atoms with Crippen LogP contribution in [0.3, 0.4) is 0 Å². The molecule has 0 saturated carbocycles. The van der Waals surface area contributed by atoms with Crippen molar-refractivity contribution in [3.05, 3.63) is 57.6 Å². The first-order chi connectivity index (χ1) is 12.1. The number of nitrogens with zero attached hydrogens (tertiary/aromatic N) is 4. The summed E-state index contributed by atoms with van der Waals surface area (Å²) in [7, 11) is 0. The van der Waals surface area contributed by atoms with Crippen molar-refractivity contribution >= 4 is 34.9 Å². The van der Waals surface area contributed by atoms with Crippen LogP contribution >= 0.6 is 22.9 Å². The second-order valence-corrected chi connectivity index (χ2v) is 7.22. The molecule has 2 N–H and O–H groups in total. The summed E-state index contributed by atoms with van der Waals surface area (Å²) in [6.45, 7) is 1.71. The fourth-order valence-corrected chi connectivity index (χ4v) is 4.09. The highest BCUT2D eigenvalue weighted by Crippen LogP contribution is 2.41. The number of anilines is 1. The molecule has 9 heteroatoms. The van der Waals surface area contributed by atoms with Crippen LogP contribution in [0.4, 0.5) is 5.95 Å². The number of allylic oxidation sites excluding steroid dienone is 1. The molecule has 1 aromatic carbocycles. The van der Waals surface area contributed by atoms with Crippen LogP contribution in [0.15, 0.2) is 47.7 Å². The zero-order chi connectivity index (χ0) is 17.6. The van der Waals surface area contributed by atoms with Gasteiger partial charge < -0.3 is 10.4 Å². The van der Waals surface area contributed by atoms with Crippen LogP contribution in [-0.2, 0) is 4.79 Å². The fraction of sp³-hybridized carbons (Fsp3) is 0.125. The number of nitrogens with one attached hydrogen (secondary N) is 1. The van der Waals surface area contributed by atoms with Gasteiger partial charge >= 0.3 is 5.97 Å². The Hall–Kier alpha value is -2.71. The third kappa shape index (κ3) is 2.59. The Morgan fingerprint density at radius 2 is 2.12 bits per heavy atom. The third-order valence-electron chi connectivity index (χ3n) is 4.04. The molecule has 3 aromatic rings. The molecule has 0 spiro atoms. The third-order valence-corrected chi connectivity index (χ3v) is 5.30. The minimum atomic E-state index is -1.02. The molecule has 1 unspecified atom stereocenters. The maximum atomic E-state index is 11.9. The van der Waals surface area contributed by atoms with Gasteiger partial charge in [-0.3, -0.25) is 0 Å². The Bertz CT molecular complexity index is 1010. The van der Waals surface area contributed by atoms with E-state index in [2.05, 4.69) is 20.8 Å². The normalized spacial score (nSPS) is 16.5. The van der Waals surface area contributed by atoms with Crippen LogP contribution < -0.4 is 5.32 Å². The van der Waals surface area contributed by atoms with Gasteiger partial charge in [0.25, 0.3) is 0 Å². The first-order valence-electron chi connectivity index (χ1n) is 7.40. The largest absolute Gasteiger partial charge is 0.478 e. The molecule has 25 heavy (non-hydrogen) atoms. The molecule has 1 aliphatic rings. The van der Waals surface area contributed by atoms with E-state index in [-0.39, 0.29) is 5.57 Å². The van der Waals surface area contributed by atoms with Gasteiger partial charge in [-0.15, -0.1) is 11.3 Å². The molecule has 0 radical (unpaired) electrons. The van der Waals surface area contributed by atoms with Gasteiger partial charge in [0.1, 0.15) is 6.04 Å². The molecule has 0 fully saturated rings. The van der Waals surface area contributed by atoms with Gasteiger partial charge in [0.2, 0.25) is 5.95 Å². The van der Waals surface area contributed by atoms with Gasteiger partial charge in [-0.05, 0) is 40.6 Å². The maximum absolute atomic E-state index is 11.9. The van der Waals surface area contributed by atoms with E-state index >= 15 is 0 Å². The summed E-state index contributed by atoms with van der Waals surface area (Å²) in [6.07, 6.45) is 0. The molecular formula is C16H12ClN5O2S. The summed E-state index contributed by atoms with van der Waals surface area (Å²) >= 11 is 7.52. The number of carboxylic acid groups (broad SMARTS) is 1. The van der Waals surface area contributed by atoms with Crippen molar-refractivity contribution in [2.75, 3.05) is 5.32 Å². The molecule has 1 atom stereocenters. The maximum Gasteiger partial charge on any atom is 0.335 e. The number of hydrogen-bond acceptors (Lipinski definition) is 6. The summed E-state index contributed by atoms with van der Waals surface area (Å²) in [5, 5.41) is 24.3. The Balaban J connectivity index is 1.96. The van der Waals surface area contributed by atoms with Crippen molar-refractivity contribution < 1.29 is 9.90 Å². The number of carboxylic acids is 1. The molecular weight excluding hydrogens is 362 g/mol. The molecule has 2 aromatic heterocycles. The predicted octanol–water partition coefficient (Wildman–Crippen LogP) is 3.43. The zero-order valence-electron chi connectivity index (χ0n) is 13.0. The van der Waals surface area contributed by atoms with Gasteiger partial charge in [-0.1, -0.05) is 41.0 Å². The summed E-state index contributed by atoms with van der Waals surface area (Å²) in [4.78, 5) is 12.9. The summed E-state index contributed by atoms with van der Waals surface area (Å²) in [6, 6.07) is 10.7. The number of halogens is 1. The molecule has 3 heterocycles. The molecule has 0 amide bonds. The Kier molecular flexibility index (Phi) is 3.78. The second kappa shape index (κ2) is 5.98. The van der Waals surface area contributed by atoms with E-state index in [0.29, 0.717) is 16.0 Å². The Morgan fingerprint density at radius 1 is 1.32 bits per heavy atom. The van der Waals surface area contributed by atoms with Gasteiger partial charge in [-0.2, -0.15) is 4.68 Å². The molecule has 126 valence electrons. The molecule has 4 rings (SSSR count). The van der Waals surface area contributed by atoms with E-state index in [1.54, 1.807) is 6.92 Å². The SMILES string of the molecule is CC1=C(C(=O)O)C(c2ccccc2-c2ccc(Cl)s2)n2nnnc2N1. The zero-order valence-corrected chi connectivity index (χ0v) is 14.5. The minimum Gasteiger partial charge on any atom is -0.478 e. The molecule has 0 bridgehead atoms. The highest BCUT2D eigenvalue weighted by atomic mass is 35.5. The van der Waals surface area contributed by atoms with Gasteiger partial charge in [-0.25, -0.2) is 4.79 Å². The average molecular weight is 374 g/mol. The highest BCUT2D eigenvalue weighted by molar-refractivity contribution is 7.19. The molecule has 0 aliphatic carbocycles. The van der Waals surface area contributed by atoms with Crippen molar-refractivity contribution in [2.24, 2.45) is 0 Å². The summed E-state index contributed by atoms with van der Waals surface area (Å²) in [5.74, 6) is -0.610.